The van der Waals surface area contributed by atoms with Crippen molar-refractivity contribution in [1.82, 2.24) is 5.32 Å². The lowest BCUT2D eigenvalue weighted by Gasteiger charge is -2.13. The predicted octanol–water partition coefficient (Wildman–Crippen LogP) is 6.77. The number of amides is 1. The third kappa shape index (κ3) is 6.01. The van der Waals surface area contributed by atoms with Gasteiger partial charge in [-0.1, -0.05) is 54.9 Å². The van der Waals surface area contributed by atoms with Gasteiger partial charge >= 0.3 is 0 Å². The maximum atomic E-state index is 12.5. The molecule has 174 valence electrons. The molecule has 0 unspecified atom stereocenters. The van der Waals surface area contributed by atoms with Gasteiger partial charge in [-0.25, -0.2) is 4.99 Å². The van der Waals surface area contributed by atoms with Crippen molar-refractivity contribution in [1.29, 1.82) is 0 Å². The van der Waals surface area contributed by atoms with Gasteiger partial charge in [0.15, 0.2) is 16.7 Å². The normalized spacial score (nSPS) is 15.6. The predicted molar refractivity (Wildman–Crippen MR) is 140 cm³/mol. The van der Waals surface area contributed by atoms with Crippen LogP contribution in [0, 0.1) is 0 Å². The van der Waals surface area contributed by atoms with Crippen LogP contribution in [0.2, 0.25) is 5.02 Å². The van der Waals surface area contributed by atoms with E-state index in [1.165, 1.54) is 17.3 Å². The maximum Gasteiger partial charge on any atom is 0.264 e. The minimum atomic E-state index is -0.175. The summed E-state index contributed by atoms with van der Waals surface area (Å²) in [6, 6.07) is 21.2. The van der Waals surface area contributed by atoms with Crippen LogP contribution >= 0.6 is 23.4 Å². The third-order valence-electron chi connectivity index (χ3n) is 5.13. The van der Waals surface area contributed by atoms with Crippen LogP contribution in [0.15, 0.2) is 76.6 Å². The number of nitrogens with one attached hydrogen (secondary N) is 1. The van der Waals surface area contributed by atoms with Crippen molar-refractivity contribution in [3.05, 3.63) is 93.3 Å². The van der Waals surface area contributed by atoms with Crippen molar-refractivity contribution in [2.75, 3.05) is 6.61 Å². The Hall–Kier alpha value is -3.22. The first-order chi connectivity index (χ1) is 16.6. The molecule has 3 aromatic rings. The number of carbonyl (C=O) groups excluding carboxylic acids is 1. The molecule has 0 aromatic heterocycles. The van der Waals surface area contributed by atoms with E-state index >= 15 is 0 Å². The van der Waals surface area contributed by atoms with Gasteiger partial charge in [0.25, 0.3) is 5.91 Å². The Balaban J connectivity index is 1.50. The Morgan fingerprint density at radius 3 is 2.53 bits per heavy atom. The molecule has 7 heteroatoms. The second-order valence-corrected chi connectivity index (χ2v) is 8.96. The van der Waals surface area contributed by atoms with E-state index in [-0.39, 0.29) is 5.91 Å². The van der Waals surface area contributed by atoms with Gasteiger partial charge in [0.2, 0.25) is 0 Å². The number of halogens is 1. The number of rotatable bonds is 8. The second-order valence-electron chi connectivity index (χ2n) is 7.52. The average molecular weight is 493 g/mol. The summed E-state index contributed by atoms with van der Waals surface area (Å²) in [5.41, 5.74) is 3.78. The number of aryl methyl sites for hydroxylation is 1. The van der Waals surface area contributed by atoms with Gasteiger partial charge in [0.1, 0.15) is 6.61 Å². The molecular weight excluding hydrogens is 468 g/mol. The average Bonchev–Trinajstić information content (AvgIpc) is 3.18. The molecule has 1 aliphatic rings. The summed E-state index contributed by atoms with van der Waals surface area (Å²) >= 11 is 7.55. The molecule has 4 rings (SSSR count). The van der Waals surface area contributed by atoms with Crippen molar-refractivity contribution >= 4 is 46.2 Å². The molecule has 34 heavy (non-hydrogen) atoms. The lowest BCUT2D eigenvalue weighted by atomic mass is 10.1. The number of carbonyl (C=O) groups is 1. The summed E-state index contributed by atoms with van der Waals surface area (Å²) < 4.78 is 11.8. The highest BCUT2D eigenvalue weighted by atomic mass is 35.5. The number of hydrogen-bond acceptors (Lipinski definition) is 5. The van der Waals surface area contributed by atoms with Crippen molar-refractivity contribution in [2.45, 2.75) is 26.9 Å². The smallest absolute Gasteiger partial charge is 0.264 e. The number of ether oxygens (including phenoxy) is 2. The summed E-state index contributed by atoms with van der Waals surface area (Å²) in [5, 5.41) is 4.05. The van der Waals surface area contributed by atoms with Crippen LogP contribution in [0.1, 0.15) is 30.5 Å². The molecule has 5 nitrogen and oxygen atoms in total. The zero-order valence-corrected chi connectivity index (χ0v) is 20.6. The molecule has 0 spiro atoms. The number of aliphatic imine (C=N–C) groups is 1. The topological polar surface area (TPSA) is 59.9 Å². The number of benzene rings is 3. The van der Waals surface area contributed by atoms with Gasteiger partial charge in [-0.2, -0.15) is 0 Å². The Kier molecular flexibility index (Phi) is 7.93. The fraction of sp³-hybridized carbons (Fsp3) is 0.185. The van der Waals surface area contributed by atoms with E-state index in [0.29, 0.717) is 39.8 Å². The highest BCUT2D eigenvalue weighted by Crippen LogP contribution is 2.33. The molecule has 0 atom stereocenters. The lowest BCUT2D eigenvalue weighted by Crippen LogP contribution is -2.19. The SMILES string of the molecule is CCOc1cc(/C=C2\SC(=Nc3ccc(CC)cc3)NC2=O)ccc1OCc1ccccc1Cl. The lowest BCUT2D eigenvalue weighted by molar-refractivity contribution is -0.115. The first-order valence-electron chi connectivity index (χ1n) is 11.1. The van der Waals surface area contributed by atoms with Gasteiger partial charge in [-0.15, -0.1) is 0 Å². The number of amidine groups is 1. The van der Waals surface area contributed by atoms with Crippen LogP contribution in [0.3, 0.4) is 0 Å². The molecule has 1 amide bonds. The van der Waals surface area contributed by atoms with Crippen molar-refractivity contribution in [2.24, 2.45) is 4.99 Å². The second kappa shape index (κ2) is 11.3. The fourth-order valence-electron chi connectivity index (χ4n) is 3.33. The molecule has 1 aliphatic heterocycles. The van der Waals surface area contributed by atoms with E-state index in [4.69, 9.17) is 21.1 Å². The largest absolute Gasteiger partial charge is 0.490 e. The summed E-state index contributed by atoms with van der Waals surface area (Å²) in [7, 11) is 0. The summed E-state index contributed by atoms with van der Waals surface area (Å²) in [6.45, 7) is 4.85. The Bertz CT molecular complexity index is 1240. The van der Waals surface area contributed by atoms with Crippen LogP contribution in [0.4, 0.5) is 5.69 Å². The third-order valence-corrected chi connectivity index (χ3v) is 6.41. The highest BCUT2D eigenvalue weighted by molar-refractivity contribution is 8.18. The standard InChI is InChI=1S/C27H25ClN2O3S/c1-3-18-9-12-21(13-10-18)29-27-30-26(31)25(34-27)16-19-11-14-23(24(15-19)32-4-2)33-17-20-7-5-6-8-22(20)28/h5-16H,3-4,17H2,1-2H3,(H,29,30,31)/b25-16-. The van der Waals surface area contributed by atoms with Gasteiger partial charge in [0, 0.05) is 10.6 Å². The fourth-order valence-corrected chi connectivity index (χ4v) is 4.36. The Morgan fingerprint density at radius 1 is 1.00 bits per heavy atom. The van der Waals surface area contributed by atoms with E-state index < -0.39 is 0 Å². The minimum Gasteiger partial charge on any atom is -0.490 e. The number of nitrogens with zero attached hydrogens (tertiary/aromatic N) is 1. The summed E-state index contributed by atoms with van der Waals surface area (Å²) in [5.74, 6) is 1.05. The van der Waals surface area contributed by atoms with Gasteiger partial charge in [-0.3, -0.25) is 4.79 Å². The zero-order chi connectivity index (χ0) is 23.9. The van der Waals surface area contributed by atoms with Crippen molar-refractivity contribution < 1.29 is 14.3 Å². The Morgan fingerprint density at radius 2 is 1.79 bits per heavy atom. The van der Waals surface area contributed by atoms with E-state index in [0.717, 1.165) is 23.2 Å². The maximum absolute atomic E-state index is 12.5. The highest BCUT2D eigenvalue weighted by Gasteiger charge is 2.24. The van der Waals surface area contributed by atoms with Gasteiger partial charge in [0.05, 0.1) is 17.2 Å². The van der Waals surface area contributed by atoms with Crippen LogP contribution in [-0.4, -0.2) is 17.7 Å². The number of thioether (sulfide) groups is 1. The molecule has 1 heterocycles. The quantitative estimate of drug-likeness (QED) is 0.352. The molecule has 0 aliphatic carbocycles. The molecule has 0 bridgehead atoms. The van der Waals surface area contributed by atoms with Crippen molar-refractivity contribution in [3.8, 4) is 11.5 Å². The minimum absolute atomic E-state index is 0.175. The summed E-state index contributed by atoms with van der Waals surface area (Å²) in [6.07, 6.45) is 2.80. The molecule has 1 fully saturated rings. The van der Waals surface area contributed by atoms with Crippen LogP contribution in [0.25, 0.3) is 6.08 Å². The van der Waals surface area contributed by atoms with Crippen LogP contribution in [0.5, 0.6) is 11.5 Å². The first-order valence-corrected chi connectivity index (χ1v) is 12.3. The van der Waals surface area contributed by atoms with Gasteiger partial charge < -0.3 is 14.8 Å². The molecule has 0 radical (unpaired) electrons. The monoisotopic (exact) mass is 492 g/mol. The van der Waals surface area contributed by atoms with E-state index in [1.807, 2.05) is 79.7 Å². The molecule has 1 saturated heterocycles. The van der Waals surface area contributed by atoms with Crippen LogP contribution in [-0.2, 0) is 17.8 Å². The zero-order valence-electron chi connectivity index (χ0n) is 19.0. The van der Waals surface area contributed by atoms with Gasteiger partial charge in [-0.05, 0) is 72.6 Å². The molecule has 0 saturated carbocycles. The molecular formula is C27H25ClN2O3S. The van der Waals surface area contributed by atoms with Crippen molar-refractivity contribution in [3.63, 3.8) is 0 Å². The molecule has 3 aromatic carbocycles. The number of hydrogen-bond donors (Lipinski definition) is 1. The molecule has 1 N–H and O–H groups in total. The van der Waals surface area contributed by atoms with E-state index in [2.05, 4.69) is 17.2 Å². The van der Waals surface area contributed by atoms with E-state index in [9.17, 15) is 4.79 Å². The van der Waals surface area contributed by atoms with Crippen LogP contribution < -0.4 is 14.8 Å². The summed E-state index contributed by atoms with van der Waals surface area (Å²) in [4.78, 5) is 17.6. The van der Waals surface area contributed by atoms with E-state index in [1.54, 1.807) is 0 Å². The Labute approximate surface area is 208 Å². The first kappa shape index (κ1) is 23.9.